The number of nitrogens with zero attached hydrogens (tertiary/aromatic N) is 1. The van der Waals surface area contributed by atoms with E-state index in [1.54, 1.807) is 48.3 Å². The van der Waals surface area contributed by atoms with Crippen LogP contribution in [0.3, 0.4) is 0 Å². The lowest BCUT2D eigenvalue weighted by molar-refractivity contribution is -0.129. The summed E-state index contributed by atoms with van der Waals surface area (Å²) >= 11 is 5.89. The predicted octanol–water partition coefficient (Wildman–Crippen LogP) is 2.76. The highest BCUT2D eigenvalue weighted by atomic mass is 35.5. The van der Waals surface area contributed by atoms with Crippen molar-refractivity contribution in [2.24, 2.45) is 0 Å². The van der Waals surface area contributed by atoms with E-state index in [9.17, 15) is 14.3 Å². The fourth-order valence-electron chi connectivity index (χ4n) is 2.44. The monoisotopic (exact) mass is 336 g/mol. The standard InChI is InChI=1S/C17H18ClFN2O2/c1-20-17(23)16(22)15(11-4-3-5-13(19)10-11)21(2)14-8-6-12(18)7-9-14/h3-10,15-16,22H,1-2H3,(H,20,23). The average Bonchev–Trinajstić information content (AvgIpc) is 2.54. The molecule has 0 aliphatic rings. The fourth-order valence-corrected chi connectivity index (χ4v) is 2.56. The first kappa shape index (κ1) is 17.2. The summed E-state index contributed by atoms with van der Waals surface area (Å²) in [6, 6.07) is 12.1. The Kier molecular flexibility index (Phi) is 5.58. The maximum Gasteiger partial charge on any atom is 0.251 e. The van der Waals surface area contributed by atoms with Crippen molar-refractivity contribution in [1.29, 1.82) is 0 Å². The number of likely N-dealkylation sites (N-methyl/N-ethyl adjacent to an activating group) is 2. The molecule has 2 rings (SSSR count). The molecule has 0 aromatic heterocycles. The third kappa shape index (κ3) is 4.00. The van der Waals surface area contributed by atoms with Gasteiger partial charge in [-0.1, -0.05) is 23.7 Å². The first-order valence-corrected chi connectivity index (χ1v) is 7.45. The molecule has 0 heterocycles. The second-order valence-corrected chi connectivity index (χ2v) is 5.58. The molecular formula is C17H18ClFN2O2. The van der Waals surface area contributed by atoms with Crippen LogP contribution in [0.2, 0.25) is 5.02 Å². The van der Waals surface area contributed by atoms with E-state index in [1.165, 1.54) is 19.2 Å². The molecule has 0 aliphatic carbocycles. The molecule has 0 saturated carbocycles. The van der Waals surface area contributed by atoms with Crippen LogP contribution in [-0.4, -0.2) is 31.2 Å². The molecule has 2 aromatic carbocycles. The van der Waals surface area contributed by atoms with Gasteiger partial charge in [-0.05, 0) is 42.0 Å². The Morgan fingerprint density at radius 1 is 1.26 bits per heavy atom. The van der Waals surface area contributed by atoms with E-state index in [-0.39, 0.29) is 0 Å². The van der Waals surface area contributed by atoms with E-state index in [4.69, 9.17) is 11.6 Å². The van der Waals surface area contributed by atoms with Crippen molar-refractivity contribution >= 4 is 23.2 Å². The highest BCUT2D eigenvalue weighted by Crippen LogP contribution is 2.30. The third-order valence-electron chi connectivity index (χ3n) is 3.66. The van der Waals surface area contributed by atoms with Gasteiger partial charge in [-0.2, -0.15) is 0 Å². The molecule has 0 radical (unpaired) electrons. The smallest absolute Gasteiger partial charge is 0.251 e. The maximum atomic E-state index is 13.6. The minimum atomic E-state index is -1.36. The topological polar surface area (TPSA) is 52.6 Å². The molecule has 2 N–H and O–H groups in total. The van der Waals surface area contributed by atoms with Gasteiger partial charge in [0, 0.05) is 24.8 Å². The number of rotatable bonds is 5. The number of hydrogen-bond acceptors (Lipinski definition) is 3. The predicted molar refractivity (Wildman–Crippen MR) is 89.1 cm³/mol. The Bertz CT molecular complexity index is 679. The van der Waals surface area contributed by atoms with Crippen LogP contribution in [0.15, 0.2) is 48.5 Å². The van der Waals surface area contributed by atoms with E-state index in [0.717, 1.165) is 5.69 Å². The molecule has 1 amide bonds. The van der Waals surface area contributed by atoms with Crippen molar-refractivity contribution in [3.05, 3.63) is 64.9 Å². The summed E-state index contributed by atoms with van der Waals surface area (Å²) in [5, 5.41) is 13.4. The molecule has 4 nitrogen and oxygen atoms in total. The van der Waals surface area contributed by atoms with Gasteiger partial charge in [0.15, 0.2) is 6.10 Å². The van der Waals surface area contributed by atoms with Crippen molar-refractivity contribution < 1.29 is 14.3 Å². The van der Waals surface area contributed by atoms with Gasteiger partial charge in [-0.3, -0.25) is 4.79 Å². The lowest BCUT2D eigenvalue weighted by Gasteiger charge is -2.33. The number of carbonyl (C=O) groups excluding carboxylic acids is 1. The summed E-state index contributed by atoms with van der Waals surface area (Å²) < 4.78 is 13.6. The molecule has 2 atom stereocenters. The van der Waals surface area contributed by atoms with Gasteiger partial charge >= 0.3 is 0 Å². The van der Waals surface area contributed by atoms with Crippen LogP contribution in [0.1, 0.15) is 11.6 Å². The van der Waals surface area contributed by atoms with E-state index in [1.807, 2.05) is 0 Å². The first-order chi connectivity index (χ1) is 10.9. The van der Waals surface area contributed by atoms with Crippen molar-refractivity contribution in [2.45, 2.75) is 12.1 Å². The van der Waals surface area contributed by atoms with Crippen LogP contribution < -0.4 is 10.2 Å². The van der Waals surface area contributed by atoms with Crippen LogP contribution in [0.25, 0.3) is 0 Å². The summed E-state index contributed by atoms with van der Waals surface area (Å²) in [4.78, 5) is 13.6. The van der Waals surface area contributed by atoms with Crippen LogP contribution in [-0.2, 0) is 4.79 Å². The van der Waals surface area contributed by atoms with E-state index in [2.05, 4.69) is 5.32 Å². The number of aliphatic hydroxyl groups is 1. The van der Waals surface area contributed by atoms with Crippen molar-refractivity contribution in [2.75, 3.05) is 19.0 Å². The molecule has 6 heteroatoms. The highest BCUT2D eigenvalue weighted by Gasteiger charge is 2.31. The van der Waals surface area contributed by atoms with Crippen molar-refractivity contribution in [3.8, 4) is 0 Å². The van der Waals surface area contributed by atoms with Gasteiger partial charge in [0.1, 0.15) is 5.82 Å². The summed E-state index contributed by atoms with van der Waals surface area (Å²) in [6.07, 6.45) is -1.36. The molecule has 0 saturated heterocycles. The Labute approximate surface area is 139 Å². The number of amides is 1. The summed E-state index contributed by atoms with van der Waals surface area (Å²) in [5.41, 5.74) is 1.24. The average molecular weight is 337 g/mol. The van der Waals surface area contributed by atoms with Crippen LogP contribution >= 0.6 is 11.6 Å². The lowest BCUT2D eigenvalue weighted by atomic mass is 9.98. The molecule has 122 valence electrons. The molecule has 0 bridgehead atoms. The van der Waals surface area contributed by atoms with Gasteiger partial charge in [0.2, 0.25) is 0 Å². The fraction of sp³-hybridized carbons (Fsp3) is 0.235. The summed E-state index contributed by atoms with van der Waals surface area (Å²) in [7, 11) is 3.17. The minimum Gasteiger partial charge on any atom is -0.381 e. The number of nitrogens with one attached hydrogen (secondary N) is 1. The summed E-state index contributed by atoms with van der Waals surface area (Å²) in [6.45, 7) is 0. The number of anilines is 1. The first-order valence-electron chi connectivity index (χ1n) is 7.07. The molecule has 0 fully saturated rings. The molecule has 2 aromatic rings. The number of carbonyl (C=O) groups is 1. The lowest BCUT2D eigenvalue weighted by Crippen LogP contribution is -2.43. The zero-order valence-electron chi connectivity index (χ0n) is 12.8. The Balaban J connectivity index is 2.44. The van der Waals surface area contributed by atoms with E-state index < -0.39 is 23.9 Å². The van der Waals surface area contributed by atoms with Gasteiger partial charge in [-0.25, -0.2) is 4.39 Å². The van der Waals surface area contributed by atoms with Gasteiger partial charge in [0.25, 0.3) is 5.91 Å². The number of hydrogen-bond donors (Lipinski definition) is 2. The highest BCUT2D eigenvalue weighted by molar-refractivity contribution is 6.30. The Morgan fingerprint density at radius 3 is 2.48 bits per heavy atom. The van der Waals surface area contributed by atoms with Crippen molar-refractivity contribution in [1.82, 2.24) is 5.32 Å². The number of halogens is 2. The molecule has 23 heavy (non-hydrogen) atoms. The normalized spacial score (nSPS) is 13.3. The zero-order chi connectivity index (χ0) is 17.0. The van der Waals surface area contributed by atoms with Crippen molar-refractivity contribution in [3.63, 3.8) is 0 Å². The zero-order valence-corrected chi connectivity index (χ0v) is 13.6. The quantitative estimate of drug-likeness (QED) is 0.882. The maximum absolute atomic E-state index is 13.6. The van der Waals surface area contributed by atoms with Gasteiger partial charge in [-0.15, -0.1) is 0 Å². The largest absolute Gasteiger partial charge is 0.381 e. The SMILES string of the molecule is CNC(=O)C(O)C(c1cccc(F)c1)N(C)c1ccc(Cl)cc1. The number of aliphatic hydroxyl groups excluding tert-OH is 1. The molecule has 0 aliphatic heterocycles. The molecular weight excluding hydrogens is 319 g/mol. The van der Waals surface area contributed by atoms with Crippen LogP contribution in [0.4, 0.5) is 10.1 Å². The van der Waals surface area contributed by atoms with Gasteiger partial charge < -0.3 is 15.3 Å². The molecule has 2 unspecified atom stereocenters. The second-order valence-electron chi connectivity index (χ2n) is 5.15. The van der Waals surface area contributed by atoms with E-state index in [0.29, 0.717) is 10.6 Å². The van der Waals surface area contributed by atoms with Crippen LogP contribution in [0, 0.1) is 5.82 Å². The Morgan fingerprint density at radius 2 is 1.91 bits per heavy atom. The third-order valence-corrected chi connectivity index (χ3v) is 3.91. The number of benzene rings is 2. The van der Waals surface area contributed by atoms with Gasteiger partial charge in [0.05, 0.1) is 6.04 Å². The minimum absolute atomic E-state index is 0.430. The van der Waals surface area contributed by atoms with E-state index >= 15 is 0 Å². The second kappa shape index (κ2) is 7.44. The summed E-state index contributed by atoms with van der Waals surface area (Å²) in [5.74, 6) is -0.971. The molecule has 0 spiro atoms. The van der Waals surface area contributed by atoms with Crippen LogP contribution in [0.5, 0.6) is 0 Å². The Hall–Kier alpha value is -2.11.